The monoisotopic (exact) mass is 518 g/mol. The lowest BCUT2D eigenvalue weighted by molar-refractivity contribution is -0.0485. The third-order valence-corrected chi connectivity index (χ3v) is 10.0. The van der Waals surface area contributed by atoms with Gasteiger partial charge in [-0.1, -0.05) is 49.4 Å². The maximum atomic E-state index is 14.1. The van der Waals surface area contributed by atoms with E-state index in [2.05, 4.69) is 14.9 Å². The number of H-pyrrole nitrogens is 1. The minimum Gasteiger partial charge on any atom is -0.327 e. The SMILES string of the molecule is O=c1[nH]cc(Cl)cc1-c1nc2ccccc2n(C2CC3CCCC(C2)N3C2CC3CCCC(C3)C2)c1=O. The first-order chi connectivity index (χ1) is 18.0. The van der Waals surface area contributed by atoms with Gasteiger partial charge >= 0.3 is 0 Å². The second kappa shape index (κ2) is 9.39. The minimum absolute atomic E-state index is 0.104. The molecule has 1 N–H and O–H groups in total. The smallest absolute Gasteiger partial charge is 0.278 e. The van der Waals surface area contributed by atoms with E-state index in [9.17, 15) is 9.59 Å². The number of halogens is 1. The number of para-hydroxylation sites is 2. The first kappa shape index (κ1) is 23.7. The van der Waals surface area contributed by atoms with E-state index < -0.39 is 0 Å². The molecule has 2 saturated carbocycles. The van der Waals surface area contributed by atoms with Gasteiger partial charge in [0.15, 0.2) is 0 Å². The average molecular weight is 519 g/mol. The molecule has 4 heterocycles. The van der Waals surface area contributed by atoms with E-state index in [1.165, 1.54) is 64.0 Å². The molecule has 0 radical (unpaired) electrons. The lowest BCUT2D eigenvalue weighted by atomic mass is 9.68. The van der Waals surface area contributed by atoms with Crippen LogP contribution in [-0.2, 0) is 0 Å². The first-order valence-electron chi connectivity index (χ1n) is 14.2. The topological polar surface area (TPSA) is 71.0 Å². The van der Waals surface area contributed by atoms with E-state index in [-0.39, 0.29) is 28.4 Å². The zero-order valence-electron chi connectivity index (χ0n) is 21.2. The predicted octanol–water partition coefficient (Wildman–Crippen LogP) is 5.93. The molecule has 2 aliphatic carbocycles. The third-order valence-electron chi connectivity index (χ3n) is 9.81. The van der Waals surface area contributed by atoms with Crippen LogP contribution in [0.25, 0.3) is 22.3 Å². The number of fused-ring (bicyclic) bond motifs is 5. The van der Waals surface area contributed by atoms with Crippen molar-refractivity contribution in [3.63, 3.8) is 0 Å². The Morgan fingerprint density at radius 2 is 1.54 bits per heavy atom. The van der Waals surface area contributed by atoms with E-state index in [1.807, 2.05) is 28.8 Å². The summed E-state index contributed by atoms with van der Waals surface area (Å²) in [7, 11) is 0. The van der Waals surface area contributed by atoms with Gasteiger partial charge in [-0.25, -0.2) is 4.98 Å². The Morgan fingerprint density at radius 1 is 0.838 bits per heavy atom. The zero-order valence-corrected chi connectivity index (χ0v) is 22.0. The molecular formula is C30H35ClN4O2. The van der Waals surface area contributed by atoms with Gasteiger partial charge in [-0.15, -0.1) is 0 Å². The maximum Gasteiger partial charge on any atom is 0.278 e. The molecule has 6 nitrogen and oxygen atoms in total. The molecule has 3 aromatic rings. The highest BCUT2D eigenvalue weighted by molar-refractivity contribution is 6.30. The van der Waals surface area contributed by atoms with Crippen molar-refractivity contribution in [2.24, 2.45) is 11.8 Å². The Balaban J connectivity index is 1.28. The highest BCUT2D eigenvalue weighted by atomic mass is 35.5. The molecule has 0 amide bonds. The number of hydrogen-bond donors (Lipinski definition) is 1. The molecule has 2 aliphatic heterocycles. The van der Waals surface area contributed by atoms with Crippen molar-refractivity contribution in [2.75, 3.05) is 0 Å². The van der Waals surface area contributed by atoms with Crippen LogP contribution in [0.3, 0.4) is 0 Å². The normalized spacial score (nSPS) is 31.9. The Hall–Kier alpha value is -2.44. The molecule has 1 aromatic carbocycles. The zero-order chi connectivity index (χ0) is 25.1. The fourth-order valence-corrected chi connectivity index (χ4v) is 8.62. The number of hydrogen-bond acceptors (Lipinski definition) is 4. The summed E-state index contributed by atoms with van der Waals surface area (Å²) in [6, 6.07) is 11.3. The van der Waals surface area contributed by atoms with Gasteiger partial charge in [0.05, 0.1) is 21.6 Å². The Kier molecular flexibility index (Phi) is 6.00. The van der Waals surface area contributed by atoms with Crippen LogP contribution in [0.4, 0.5) is 0 Å². The van der Waals surface area contributed by atoms with Crippen LogP contribution in [0.1, 0.15) is 76.7 Å². The molecule has 4 unspecified atom stereocenters. The molecule has 4 fully saturated rings. The number of pyridine rings is 1. The number of piperidine rings is 2. The van der Waals surface area contributed by atoms with Gasteiger partial charge in [0.25, 0.3) is 11.1 Å². The van der Waals surface area contributed by atoms with E-state index in [4.69, 9.17) is 11.6 Å². The molecule has 2 saturated heterocycles. The summed E-state index contributed by atoms with van der Waals surface area (Å²) < 4.78 is 1.97. The van der Waals surface area contributed by atoms with Gasteiger partial charge in [0.2, 0.25) is 0 Å². The third kappa shape index (κ3) is 4.17. The van der Waals surface area contributed by atoms with Crippen LogP contribution in [0.5, 0.6) is 0 Å². The quantitative estimate of drug-likeness (QED) is 0.466. The maximum absolute atomic E-state index is 14.1. The molecule has 4 atom stereocenters. The molecule has 2 aromatic heterocycles. The van der Waals surface area contributed by atoms with Crippen LogP contribution in [0.15, 0.2) is 46.1 Å². The van der Waals surface area contributed by atoms with Crippen LogP contribution in [0, 0.1) is 11.8 Å². The molecule has 37 heavy (non-hydrogen) atoms. The largest absolute Gasteiger partial charge is 0.327 e. The molecule has 7 heteroatoms. The van der Waals surface area contributed by atoms with Crippen molar-refractivity contribution in [2.45, 2.75) is 94.8 Å². The van der Waals surface area contributed by atoms with Crippen molar-refractivity contribution in [1.29, 1.82) is 0 Å². The summed E-state index contributed by atoms with van der Waals surface area (Å²) >= 11 is 6.20. The number of aromatic amines is 1. The minimum atomic E-state index is -0.342. The number of benzene rings is 1. The highest BCUT2D eigenvalue weighted by Gasteiger charge is 2.45. The number of nitrogens with zero attached hydrogens (tertiary/aromatic N) is 3. The Bertz CT molecular complexity index is 1420. The summed E-state index contributed by atoms with van der Waals surface area (Å²) in [6.07, 6.45) is 15.6. The molecule has 7 rings (SSSR count). The molecule has 4 bridgehead atoms. The van der Waals surface area contributed by atoms with Gasteiger partial charge in [-0.2, -0.15) is 0 Å². The highest BCUT2D eigenvalue weighted by Crippen LogP contribution is 2.47. The summed E-state index contributed by atoms with van der Waals surface area (Å²) in [6.45, 7) is 0. The number of nitrogens with one attached hydrogen (secondary N) is 1. The van der Waals surface area contributed by atoms with Gasteiger partial charge in [0, 0.05) is 30.4 Å². The van der Waals surface area contributed by atoms with Crippen molar-refractivity contribution in [3.05, 3.63) is 62.3 Å². The summed E-state index contributed by atoms with van der Waals surface area (Å²) in [5, 5.41) is 0.385. The van der Waals surface area contributed by atoms with E-state index in [1.54, 1.807) is 6.07 Å². The number of aromatic nitrogens is 3. The van der Waals surface area contributed by atoms with Crippen molar-refractivity contribution in [1.82, 2.24) is 19.4 Å². The van der Waals surface area contributed by atoms with Gasteiger partial charge < -0.3 is 9.55 Å². The van der Waals surface area contributed by atoms with Crippen molar-refractivity contribution < 1.29 is 0 Å². The fraction of sp³-hybridized carbons (Fsp3) is 0.567. The van der Waals surface area contributed by atoms with Gasteiger partial charge in [-0.05, 0) is 75.0 Å². The first-order valence-corrected chi connectivity index (χ1v) is 14.6. The lowest BCUT2D eigenvalue weighted by Gasteiger charge is -2.55. The van der Waals surface area contributed by atoms with E-state index in [0.717, 1.165) is 35.7 Å². The van der Waals surface area contributed by atoms with E-state index in [0.29, 0.717) is 23.1 Å². The molecule has 0 spiro atoms. The van der Waals surface area contributed by atoms with Crippen LogP contribution >= 0.6 is 11.6 Å². The molecule has 4 aliphatic rings. The van der Waals surface area contributed by atoms with Gasteiger partial charge in [-0.3, -0.25) is 14.5 Å². The summed E-state index contributed by atoms with van der Waals surface area (Å²) in [5.74, 6) is 1.84. The summed E-state index contributed by atoms with van der Waals surface area (Å²) in [5.41, 5.74) is 1.50. The van der Waals surface area contributed by atoms with Crippen LogP contribution in [-0.4, -0.2) is 37.6 Å². The second-order valence-electron chi connectivity index (χ2n) is 12.0. The molecular weight excluding hydrogens is 484 g/mol. The predicted molar refractivity (Wildman–Crippen MR) is 147 cm³/mol. The standard InChI is InChI=1S/C30H35ClN4O2/c31-20-14-25(29(36)32-17-20)28-30(37)35(27-10-2-1-9-26(27)33-28)24-15-21-7-4-8-22(16-24)34(21)23-12-18-5-3-6-19(11-18)13-23/h1-2,9-10,14,17-19,21-24H,3-8,11-13,15-16H2,(H,32,36). The Labute approximate surface area is 222 Å². The van der Waals surface area contributed by atoms with Crippen molar-refractivity contribution >= 4 is 22.6 Å². The second-order valence-corrected chi connectivity index (χ2v) is 12.5. The van der Waals surface area contributed by atoms with E-state index >= 15 is 0 Å². The Morgan fingerprint density at radius 3 is 2.30 bits per heavy atom. The number of rotatable bonds is 3. The molecule has 194 valence electrons. The fourth-order valence-electron chi connectivity index (χ4n) is 8.46. The van der Waals surface area contributed by atoms with Crippen molar-refractivity contribution in [3.8, 4) is 11.3 Å². The van der Waals surface area contributed by atoms with Crippen LogP contribution < -0.4 is 11.1 Å². The lowest BCUT2D eigenvalue weighted by Crippen LogP contribution is -2.58. The van der Waals surface area contributed by atoms with Crippen LogP contribution in [0.2, 0.25) is 5.02 Å². The van der Waals surface area contributed by atoms with Gasteiger partial charge in [0.1, 0.15) is 5.69 Å². The average Bonchev–Trinajstić information content (AvgIpc) is 2.89. The summed E-state index contributed by atoms with van der Waals surface area (Å²) in [4.78, 5) is 37.0.